The van der Waals surface area contributed by atoms with Gasteiger partial charge in [-0.15, -0.1) is 0 Å². The summed E-state index contributed by atoms with van der Waals surface area (Å²) in [6.07, 6.45) is 25.1. The molecule has 0 saturated heterocycles. The van der Waals surface area contributed by atoms with Crippen LogP contribution in [0.3, 0.4) is 0 Å². The van der Waals surface area contributed by atoms with E-state index in [0.717, 1.165) is 12.8 Å². The van der Waals surface area contributed by atoms with Gasteiger partial charge in [0, 0.05) is 0 Å². The highest BCUT2D eigenvalue weighted by Crippen LogP contribution is 2.07. The minimum Gasteiger partial charge on any atom is -0.479 e. The maximum Gasteiger partial charge on any atom is 0.332 e. The van der Waals surface area contributed by atoms with Crippen molar-refractivity contribution in [2.24, 2.45) is 0 Å². The van der Waals surface area contributed by atoms with E-state index in [1.807, 2.05) is 13.0 Å². The number of hydrogen-bond acceptors (Lipinski definition) is 2. The van der Waals surface area contributed by atoms with E-state index >= 15 is 0 Å². The van der Waals surface area contributed by atoms with Crippen molar-refractivity contribution in [3.8, 4) is 0 Å². The van der Waals surface area contributed by atoms with E-state index in [0.29, 0.717) is 13.0 Å². The summed E-state index contributed by atoms with van der Waals surface area (Å²) in [5.74, 6) is -0.878. The summed E-state index contributed by atoms with van der Waals surface area (Å²) < 4.78 is 5.27. The fourth-order valence-electron chi connectivity index (χ4n) is 2.47. The third-order valence-corrected chi connectivity index (χ3v) is 4.01. The zero-order chi connectivity index (χ0) is 18.6. The largest absolute Gasteiger partial charge is 0.479 e. The summed E-state index contributed by atoms with van der Waals surface area (Å²) in [6, 6.07) is 0. The smallest absolute Gasteiger partial charge is 0.332 e. The Morgan fingerprint density at radius 1 is 0.800 bits per heavy atom. The van der Waals surface area contributed by atoms with Gasteiger partial charge in [-0.3, -0.25) is 0 Å². The van der Waals surface area contributed by atoms with Crippen molar-refractivity contribution >= 4 is 5.97 Å². The number of carboxylic acids is 1. The molecule has 0 fully saturated rings. The molecular formula is C22H38O3. The van der Waals surface area contributed by atoms with E-state index in [-0.39, 0.29) is 0 Å². The highest BCUT2D eigenvalue weighted by Gasteiger charge is 2.13. The second-order valence-electron chi connectivity index (χ2n) is 6.31. The van der Waals surface area contributed by atoms with Gasteiger partial charge in [0.15, 0.2) is 6.10 Å². The molecular weight excluding hydrogens is 312 g/mol. The Bertz CT molecular complexity index is 383. The lowest BCUT2D eigenvalue weighted by Gasteiger charge is -2.08. The summed E-state index contributed by atoms with van der Waals surface area (Å²) in [5.41, 5.74) is 0. The maximum absolute atomic E-state index is 10.8. The zero-order valence-electron chi connectivity index (χ0n) is 16.3. The summed E-state index contributed by atoms with van der Waals surface area (Å²) >= 11 is 0. The van der Waals surface area contributed by atoms with E-state index < -0.39 is 12.1 Å². The second kappa shape index (κ2) is 19.0. The molecule has 3 heteroatoms. The van der Waals surface area contributed by atoms with Crippen molar-refractivity contribution in [3.05, 3.63) is 36.5 Å². The molecule has 0 heterocycles. The highest BCUT2D eigenvalue weighted by atomic mass is 16.5. The van der Waals surface area contributed by atoms with Gasteiger partial charge in [0.2, 0.25) is 0 Å². The summed E-state index contributed by atoms with van der Waals surface area (Å²) in [5, 5.41) is 8.85. The molecule has 0 aromatic heterocycles. The predicted molar refractivity (Wildman–Crippen MR) is 107 cm³/mol. The van der Waals surface area contributed by atoms with Crippen molar-refractivity contribution in [2.75, 3.05) is 6.61 Å². The lowest BCUT2D eigenvalue weighted by molar-refractivity contribution is -0.149. The van der Waals surface area contributed by atoms with E-state index in [2.05, 4.69) is 37.3 Å². The van der Waals surface area contributed by atoms with Gasteiger partial charge in [-0.25, -0.2) is 4.79 Å². The third kappa shape index (κ3) is 17.3. The Morgan fingerprint density at radius 2 is 1.28 bits per heavy atom. The standard InChI is InChI=1S/C22H38O3/c1-3-5-6-7-8-9-10-11-12-13-14-15-16-17-18-19-20-25-21(4-2)22(23)24/h5-6,11-12,18-19,21H,3-4,7-10,13-17,20H2,1-2H3,(H,23,24)/b6-5-,12-11-,19-18?. The van der Waals surface area contributed by atoms with Crippen molar-refractivity contribution in [2.45, 2.75) is 90.6 Å². The van der Waals surface area contributed by atoms with Crippen LogP contribution in [0.15, 0.2) is 36.5 Å². The molecule has 0 bridgehead atoms. The zero-order valence-corrected chi connectivity index (χ0v) is 16.3. The molecule has 0 aliphatic carbocycles. The van der Waals surface area contributed by atoms with E-state index in [1.54, 1.807) is 0 Å². The fourth-order valence-corrected chi connectivity index (χ4v) is 2.47. The molecule has 0 aromatic carbocycles. The minimum atomic E-state index is -0.878. The highest BCUT2D eigenvalue weighted by molar-refractivity contribution is 5.72. The lowest BCUT2D eigenvalue weighted by atomic mass is 10.1. The maximum atomic E-state index is 10.8. The summed E-state index contributed by atoms with van der Waals surface area (Å²) in [7, 11) is 0. The van der Waals surface area contributed by atoms with Gasteiger partial charge in [-0.1, -0.05) is 56.7 Å². The van der Waals surface area contributed by atoms with Crippen LogP contribution in [0.2, 0.25) is 0 Å². The topological polar surface area (TPSA) is 46.5 Å². The average molecular weight is 351 g/mol. The third-order valence-electron chi connectivity index (χ3n) is 4.01. The number of ether oxygens (including phenoxy) is 1. The number of carboxylic acid groups (broad SMARTS) is 1. The first kappa shape index (κ1) is 23.6. The number of rotatable bonds is 17. The quantitative estimate of drug-likeness (QED) is 0.242. The average Bonchev–Trinajstić information content (AvgIpc) is 2.60. The molecule has 0 amide bonds. The van der Waals surface area contributed by atoms with Crippen LogP contribution in [-0.2, 0) is 9.53 Å². The molecule has 1 unspecified atom stereocenters. The molecule has 0 radical (unpaired) electrons. The molecule has 1 N–H and O–H groups in total. The molecule has 0 saturated carbocycles. The number of unbranched alkanes of at least 4 members (excludes halogenated alkanes) is 7. The first-order chi connectivity index (χ1) is 12.2. The van der Waals surface area contributed by atoms with Crippen molar-refractivity contribution in [1.82, 2.24) is 0 Å². The van der Waals surface area contributed by atoms with Crippen molar-refractivity contribution in [3.63, 3.8) is 0 Å². The van der Waals surface area contributed by atoms with Gasteiger partial charge in [0.05, 0.1) is 6.61 Å². The molecule has 0 aromatic rings. The van der Waals surface area contributed by atoms with Crippen LogP contribution in [-0.4, -0.2) is 23.8 Å². The minimum absolute atomic E-state index is 0.391. The molecule has 0 rings (SSSR count). The number of carbonyl (C=O) groups is 1. The Labute approximate surface area is 154 Å². The Balaban J connectivity index is 3.35. The Kier molecular flexibility index (Phi) is 18.0. The summed E-state index contributed by atoms with van der Waals surface area (Å²) in [4.78, 5) is 10.8. The first-order valence-corrected chi connectivity index (χ1v) is 10.0. The van der Waals surface area contributed by atoms with Crippen LogP contribution in [0.25, 0.3) is 0 Å². The molecule has 0 aliphatic rings. The van der Waals surface area contributed by atoms with Crippen LogP contribution in [0.1, 0.15) is 84.5 Å². The van der Waals surface area contributed by atoms with Gasteiger partial charge in [-0.2, -0.15) is 0 Å². The number of allylic oxidation sites excluding steroid dienone is 5. The van der Waals surface area contributed by atoms with Crippen molar-refractivity contribution in [1.29, 1.82) is 0 Å². The predicted octanol–water partition coefficient (Wildman–Crippen LogP) is 6.46. The Hall–Kier alpha value is -1.35. The van der Waals surface area contributed by atoms with E-state index in [1.165, 1.54) is 51.4 Å². The molecule has 1 atom stereocenters. The second-order valence-corrected chi connectivity index (χ2v) is 6.31. The van der Waals surface area contributed by atoms with Gasteiger partial charge in [-0.05, 0) is 64.2 Å². The molecule has 144 valence electrons. The summed E-state index contributed by atoms with van der Waals surface area (Å²) in [6.45, 7) is 4.39. The molecule has 0 aliphatic heterocycles. The van der Waals surface area contributed by atoms with Gasteiger partial charge in [0.1, 0.15) is 0 Å². The van der Waals surface area contributed by atoms with Crippen LogP contribution in [0.4, 0.5) is 0 Å². The molecule has 3 nitrogen and oxygen atoms in total. The van der Waals surface area contributed by atoms with Crippen LogP contribution in [0.5, 0.6) is 0 Å². The first-order valence-electron chi connectivity index (χ1n) is 10.0. The van der Waals surface area contributed by atoms with Gasteiger partial charge >= 0.3 is 5.97 Å². The lowest BCUT2D eigenvalue weighted by Crippen LogP contribution is -2.22. The van der Waals surface area contributed by atoms with Gasteiger partial charge in [0.25, 0.3) is 0 Å². The number of aliphatic carboxylic acids is 1. The van der Waals surface area contributed by atoms with Crippen molar-refractivity contribution < 1.29 is 14.6 Å². The normalized spacial score (nSPS) is 13.4. The van der Waals surface area contributed by atoms with Crippen LogP contribution >= 0.6 is 0 Å². The van der Waals surface area contributed by atoms with Gasteiger partial charge < -0.3 is 9.84 Å². The van der Waals surface area contributed by atoms with E-state index in [4.69, 9.17) is 9.84 Å². The SMILES string of the molecule is CC/C=C\CCCC/C=C\CCCCCC=CCOC(CC)C(=O)O. The van der Waals surface area contributed by atoms with E-state index in [9.17, 15) is 4.79 Å². The monoisotopic (exact) mass is 350 g/mol. The van der Waals surface area contributed by atoms with Crippen LogP contribution < -0.4 is 0 Å². The van der Waals surface area contributed by atoms with Crippen LogP contribution in [0, 0.1) is 0 Å². The molecule has 0 spiro atoms. The Morgan fingerprint density at radius 3 is 1.76 bits per heavy atom. The number of hydrogen-bond donors (Lipinski definition) is 1. The fraction of sp³-hybridized carbons (Fsp3) is 0.682. The molecule has 25 heavy (non-hydrogen) atoms.